The molecule has 2 nitrogen and oxygen atoms in total. The molecule has 0 aliphatic rings. The van der Waals surface area contributed by atoms with Gasteiger partial charge in [0.25, 0.3) is 0 Å². The van der Waals surface area contributed by atoms with Gasteiger partial charge in [0.2, 0.25) is 0 Å². The second-order valence-electron chi connectivity index (χ2n) is 4.77. The van der Waals surface area contributed by atoms with Crippen molar-refractivity contribution in [2.24, 2.45) is 0 Å². The first-order chi connectivity index (χ1) is 8.69. The Morgan fingerprint density at radius 1 is 1.17 bits per heavy atom. The highest BCUT2D eigenvalue weighted by atomic mass is 32.1. The molecule has 1 heterocycles. The summed E-state index contributed by atoms with van der Waals surface area (Å²) >= 11 is 1.77. The maximum absolute atomic E-state index is 4.65. The minimum absolute atomic E-state index is 0.945. The average molecular weight is 260 g/mol. The summed E-state index contributed by atoms with van der Waals surface area (Å²) in [6.07, 6.45) is 1.98. The summed E-state index contributed by atoms with van der Waals surface area (Å²) in [5, 5.41) is 3.42. The maximum Gasteiger partial charge on any atom is 0.0925 e. The first-order valence-corrected chi connectivity index (χ1v) is 7.21. The van der Waals surface area contributed by atoms with E-state index in [0.29, 0.717) is 0 Å². The van der Waals surface area contributed by atoms with E-state index in [2.05, 4.69) is 60.5 Å². The number of nitrogens with zero attached hydrogens (tertiary/aromatic N) is 2. The van der Waals surface area contributed by atoms with Gasteiger partial charge in [0, 0.05) is 18.3 Å². The highest BCUT2D eigenvalue weighted by molar-refractivity contribution is 7.09. The molecule has 2 aromatic rings. The van der Waals surface area contributed by atoms with Crippen LogP contribution in [0.2, 0.25) is 0 Å². The topological polar surface area (TPSA) is 16.1 Å². The van der Waals surface area contributed by atoms with Crippen LogP contribution in [-0.2, 0) is 19.4 Å². The van der Waals surface area contributed by atoms with E-state index in [9.17, 15) is 0 Å². The fourth-order valence-corrected chi connectivity index (χ4v) is 2.76. The van der Waals surface area contributed by atoms with Gasteiger partial charge in [-0.25, -0.2) is 4.98 Å². The van der Waals surface area contributed by atoms with Gasteiger partial charge in [0.05, 0.1) is 10.7 Å². The van der Waals surface area contributed by atoms with Crippen molar-refractivity contribution in [3.05, 3.63) is 51.5 Å². The number of benzene rings is 1. The number of aromatic nitrogens is 1. The average Bonchev–Trinajstić information content (AvgIpc) is 2.79. The standard InChI is InChI=1S/C15H20N2S/c1-4-15-16-14(11-18-15)9-12-7-5-6-8-13(12)10-17(2)3/h5-8,11H,4,9-10H2,1-3H3. The predicted molar refractivity (Wildman–Crippen MR) is 78.1 cm³/mol. The Bertz CT molecular complexity index is 503. The Kier molecular flexibility index (Phi) is 4.50. The zero-order valence-corrected chi connectivity index (χ0v) is 12.1. The molecule has 0 spiro atoms. The molecule has 3 heteroatoms. The van der Waals surface area contributed by atoms with Crippen LogP contribution >= 0.6 is 11.3 Å². The van der Waals surface area contributed by atoms with E-state index in [1.807, 2.05) is 0 Å². The van der Waals surface area contributed by atoms with Gasteiger partial charge in [-0.15, -0.1) is 11.3 Å². The fourth-order valence-electron chi connectivity index (χ4n) is 2.01. The zero-order chi connectivity index (χ0) is 13.0. The van der Waals surface area contributed by atoms with Crippen LogP contribution in [-0.4, -0.2) is 24.0 Å². The molecule has 0 N–H and O–H groups in total. The van der Waals surface area contributed by atoms with Crippen LogP contribution in [0.4, 0.5) is 0 Å². The summed E-state index contributed by atoms with van der Waals surface area (Å²) in [6, 6.07) is 8.65. The minimum atomic E-state index is 0.945. The largest absolute Gasteiger partial charge is 0.305 e. The van der Waals surface area contributed by atoms with Gasteiger partial charge in [0.15, 0.2) is 0 Å². The molecule has 0 saturated heterocycles. The van der Waals surface area contributed by atoms with Gasteiger partial charge >= 0.3 is 0 Å². The van der Waals surface area contributed by atoms with Crippen molar-refractivity contribution < 1.29 is 0 Å². The highest BCUT2D eigenvalue weighted by Gasteiger charge is 2.06. The van der Waals surface area contributed by atoms with E-state index < -0.39 is 0 Å². The van der Waals surface area contributed by atoms with E-state index in [1.165, 1.54) is 21.8 Å². The second-order valence-corrected chi connectivity index (χ2v) is 5.71. The molecule has 0 atom stereocenters. The number of hydrogen-bond acceptors (Lipinski definition) is 3. The van der Waals surface area contributed by atoms with Crippen molar-refractivity contribution in [1.82, 2.24) is 9.88 Å². The van der Waals surface area contributed by atoms with Crippen LogP contribution in [0.1, 0.15) is 28.8 Å². The van der Waals surface area contributed by atoms with Crippen molar-refractivity contribution in [2.45, 2.75) is 26.3 Å². The Labute approximate surface area is 113 Å². The SMILES string of the molecule is CCc1nc(Cc2ccccc2CN(C)C)cs1. The molecule has 96 valence electrons. The molecule has 0 fully saturated rings. The Hall–Kier alpha value is -1.19. The Morgan fingerprint density at radius 3 is 2.50 bits per heavy atom. The summed E-state index contributed by atoms with van der Waals surface area (Å²) in [5.74, 6) is 0. The summed E-state index contributed by atoms with van der Waals surface area (Å²) < 4.78 is 0. The monoisotopic (exact) mass is 260 g/mol. The third kappa shape index (κ3) is 3.40. The molecule has 0 unspecified atom stereocenters. The summed E-state index contributed by atoms with van der Waals surface area (Å²) in [6.45, 7) is 3.14. The molecule has 2 rings (SSSR count). The lowest BCUT2D eigenvalue weighted by Crippen LogP contribution is -2.12. The number of aryl methyl sites for hydroxylation is 1. The number of rotatable bonds is 5. The summed E-state index contributed by atoms with van der Waals surface area (Å²) in [4.78, 5) is 6.85. The van der Waals surface area contributed by atoms with E-state index >= 15 is 0 Å². The third-order valence-corrected chi connectivity index (χ3v) is 3.92. The van der Waals surface area contributed by atoms with Gasteiger partial charge in [-0.1, -0.05) is 31.2 Å². The predicted octanol–water partition coefficient (Wildman–Crippen LogP) is 3.36. The summed E-state index contributed by atoms with van der Waals surface area (Å²) in [5.41, 5.74) is 3.98. The smallest absolute Gasteiger partial charge is 0.0925 e. The van der Waals surface area contributed by atoms with Crippen molar-refractivity contribution in [1.29, 1.82) is 0 Å². The van der Waals surface area contributed by atoms with E-state index in [1.54, 1.807) is 11.3 Å². The normalized spacial score (nSPS) is 11.1. The molecule has 1 aromatic carbocycles. The van der Waals surface area contributed by atoms with Crippen LogP contribution in [0.15, 0.2) is 29.6 Å². The van der Waals surface area contributed by atoms with Crippen LogP contribution in [0.5, 0.6) is 0 Å². The second kappa shape index (κ2) is 6.12. The van der Waals surface area contributed by atoms with Gasteiger partial charge in [-0.05, 0) is 31.6 Å². The van der Waals surface area contributed by atoms with E-state index in [-0.39, 0.29) is 0 Å². The maximum atomic E-state index is 4.65. The van der Waals surface area contributed by atoms with Gasteiger partial charge in [0.1, 0.15) is 0 Å². The number of thiazole rings is 1. The van der Waals surface area contributed by atoms with E-state index in [0.717, 1.165) is 19.4 Å². The van der Waals surface area contributed by atoms with Crippen LogP contribution < -0.4 is 0 Å². The molecule has 0 aliphatic carbocycles. The van der Waals surface area contributed by atoms with E-state index in [4.69, 9.17) is 0 Å². The van der Waals surface area contributed by atoms with Crippen LogP contribution in [0.3, 0.4) is 0 Å². The van der Waals surface area contributed by atoms with Crippen LogP contribution in [0, 0.1) is 0 Å². The molecule has 0 saturated carbocycles. The quantitative estimate of drug-likeness (QED) is 0.819. The molecule has 0 amide bonds. The molecular formula is C15H20N2S. The van der Waals surface area contributed by atoms with Crippen molar-refractivity contribution in [3.63, 3.8) is 0 Å². The lowest BCUT2D eigenvalue weighted by atomic mass is 10.0. The minimum Gasteiger partial charge on any atom is -0.305 e. The van der Waals surface area contributed by atoms with Crippen molar-refractivity contribution >= 4 is 11.3 Å². The van der Waals surface area contributed by atoms with Crippen LogP contribution in [0.25, 0.3) is 0 Å². The molecule has 0 aliphatic heterocycles. The molecule has 0 radical (unpaired) electrons. The Morgan fingerprint density at radius 2 is 1.89 bits per heavy atom. The molecule has 18 heavy (non-hydrogen) atoms. The molecule has 1 aromatic heterocycles. The number of hydrogen-bond donors (Lipinski definition) is 0. The fraction of sp³-hybridized carbons (Fsp3) is 0.400. The van der Waals surface area contributed by atoms with Crippen molar-refractivity contribution in [2.75, 3.05) is 14.1 Å². The molecular weight excluding hydrogens is 240 g/mol. The molecule has 0 bridgehead atoms. The first kappa shape index (κ1) is 13.2. The lowest BCUT2D eigenvalue weighted by Gasteiger charge is -2.13. The summed E-state index contributed by atoms with van der Waals surface area (Å²) in [7, 11) is 4.21. The van der Waals surface area contributed by atoms with Gasteiger partial charge in [-0.2, -0.15) is 0 Å². The zero-order valence-electron chi connectivity index (χ0n) is 11.3. The lowest BCUT2D eigenvalue weighted by molar-refractivity contribution is 0.401. The third-order valence-electron chi connectivity index (χ3n) is 2.88. The highest BCUT2D eigenvalue weighted by Crippen LogP contribution is 2.18. The van der Waals surface area contributed by atoms with Gasteiger partial charge < -0.3 is 4.90 Å². The van der Waals surface area contributed by atoms with Gasteiger partial charge in [-0.3, -0.25) is 0 Å². The first-order valence-electron chi connectivity index (χ1n) is 6.34. The van der Waals surface area contributed by atoms with Crippen molar-refractivity contribution in [3.8, 4) is 0 Å². The Balaban J connectivity index is 2.17.